The summed E-state index contributed by atoms with van der Waals surface area (Å²) in [5.41, 5.74) is 0.913. The van der Waals surface area contributed by atoms with Crippen LogP contribution in [0.2, 0.25) is 0 Å². The van der Waals surface area contributed by atoms with Gasteiger partial charge in [-0.25, -0.2) is 0 Å². The molecule has 6 heteroatoms. The molecule has 0 unspecified atom stereocenters. The number of thiocarbonyl (C=S) groups is 1. The molecule has 110 valence electrons. The highest BCUT2D eigenvalue weighted by molar-refractivity contribution is 7.80. The molecule has 0 aromatic heterocycles. The number of nitrogens with zero attached hydrogens (tertiary/aromatic N) is 1. The molecule has 0 bridgehead atoms. The molecule has 1 aliphatic rings. The fourth-order valence-electron chi connectivity index (χ4n) is 2.26. The summed E-state index contributed by atoms with van der Waals surface area (Å²) in [5.74, 6) is 1.83. The molecule has 0 amide bonds. The van der Waals surface area contributed by atoms with Crippen LogP contribution in [-0.4, -0.2) is 57.4 Å². The highest BCUT2D eigenvalue weighted by atomic mass is 32.1. The van der Waals surface area contributed by atoms with E-state index in [0.717, 1.165) is 36.7 Å². The van der Waals surface area contributed by atoms with Gasteiger partial charge in [-0.2, -0.15) is 0 Å². The number of ether oxygens (including phenoxy) is 3. The van der Waals surface area contributed by atoms with Gasteiger partial charge in [-0.15, -0.1) is 0 Å². The van der Waals surface area contributed by atoms with Gasteiger partial charge in [-0.3, -0.25) is 0 Å². The summed E-state index contributed by atoms with van der Waals surface area (Å²) in [5, 5.41) is 3.31. The Balaban J connectivity index is 2.33. The molecule has 1 N–H and O–H groups in total. The van der Waals surface area contributed by atoms with E-state index < -0.39 is 0 Å². The lowest BCUT2D eigenvalue weighted by atomic mass is 10.1. The molecule has 2 rings (SSSR count). The number of methoxy groups -OCH3 is 3. The maximum absolute atomic E-state index is 5.58. The lowest BCUT2D eigenvalue weighted by molar-refractivity contribution is 0.324. The Bertz CT molecular complexity index is 462. The zero-order valence-electron chi connectivity index (χ0n) is 12.1. The second-order valence-electron chi connectivity index (χ2n) is 4.46. The summed E-state index contributed by atoms with van der Waals surface area (Å²) in [6.45, 7) is 3.72. The quantitative estimate of drug-likeness (QED) is 0.845. The van der Waals surface area contributed by atoms with Crippen LogP contribution in [-0.2, 0) is 0 Å². The summed E-state index contributed by atoms with van der Waals surface area (Å²) in [6, 6.07) is 3.79. The van der Waals surface area contributed by atoms with E-state index in [1.54, 1.807) is 21.3 Å². The minimum Gasteiger partial charge on any atom is -0.493 e. The number of piperazine rings is 1. The predicted molar refractivity (Wildman–Crippen MR) is 82.2 cm³/mol. The van der Waals surface area contributed by atoms with Crippen molar-refractivity contribution in [1.29, 1.82) is 0 Å². The van der Waals surface area contributed by atoms with Gasteiger partial charge in [0.1, 0.15) is 4.99 Å². The first-order valence-corrected chi connectivity index (χ1v) is 6.92. The molecule has 1 aromatic rings. The van der Waals surface area contributed by atoms with Gasteiger partial charge in [-0.1, -0.05) is 12.2 Å². The van der Waals surface area contributed by atoms with Crippen LogP contribution >= 0.6 is 12.2 Å². The number of rotatable bonds is 4. The lowest BCUT2D eigenvalue weighted by Gasteiger charge is -2.30. The largest absolute Gasteiger partial charge is 0.493 e. The third-order valence-corrected chi connectivity index (χ3v) is 3.81. The molecule has 1 saturated heterocycles. The number of hydrogen-bond acceptors (Lipinski definition) is 5. The molecule has 1 aliphatic heterocycles. The Morgan fingerprint density at radius 2 is 1.60 bits per heavy atom. The molecule has 1 aromatic carbocycles. The average Bonchev–Trinajstić information content (AvgIpc) is 2.53. The molecular formula is C14H20N2O3S. The Labute approximate surface area is 124 Å². The predicted octanol–water partition coefficient (Wildman–Crippen LogP) is 1.29. The van der Waals surface area contributed by atoms with Crippen molar-refractivity contribution in [2.45, 2.75) is 0 Å². The molecule has 0 radical (unpaired) electrons. The highest BCUT2D eigenvalue weighted by Gasteiger charge is 2.19. The second kappa shape index (κ2) is 6.76. The van der Waals surface area contributed by atoms with Crippen LogP contribution in [0.25, 0.3) is 0 Å². The first-order chi connectivity index (χ1) is 9.71. The van der Waals surface area contributed by atoms with Crippen molar-refractivity contribution in [3.8, 4) is 17.2 Å². The van der Waals surface area contributed by atoms with E-state index in [2.05, 4.69) is 10.2 Å². The summed E-state index contributed by atoms with van der Waals surface area (Å²) >= 11 is 5.58. The van der Waals surface area contributed by atoms with Crippen LogP contribution in [0.15, 0.2) is 12.1 Å². The third-order valence-electron chi connectivity index (χ3n) is 3.32. The SMILES string of the molecule is COc1cc(C(=S)N2CCNCC2)cc(OC)c1OC. The van der Waals surface area contributed by atoms with E-state index in [1.165, 1.54) is 0 Å². The zero-order chi connectivity index (χ0) is 14.5. The monoisotopic (exact) mass is 296 g/mol. The smallest absolute Gasteiger partial charge is 0.203 e. The van der Waals surface area contributed by atoms with Gasteiger partial charge in [0.2, 0.25) is 5.75 Å². The number of benzene rings is 1. The van der Waals surface area contributed by atoms with Crippen LogP contribution in [0.4, 0.5) is 0 Å². The van der Waals surface area contributed by atoms with Crippen molar-refractivity contribution in [2.75, 3.05) is 47.5 Å². The fraction of sp³-hybridized carbons (Fsp3) is 0.500. The summed E-state index contributed by atoms with van der Waals surface area (Å²) in [6.07, 6.45) is 0. The van der Waals surface area contributed by atoms with Gasteiger partial charge in [0.05, 0.1) is 21.3 Å². The average molecular weight is 296 g/mol. The van der Waals surface area contributed by atoms with E-state index in [0.29, 0.717) is 17.2 Å². The van der Waals surface area contributed by atoms with E-state index >= 15 is 0 Å². The van der Waals surface area contributed by atoms with E-state index in [-0.39, 0.29) is 0 Å². The molecule has 20 heavy (non-hydrogen) atoms. The zero-order valence-corrected chi connectivity index (χ0v) is 12.9. The van der Waals surface area contributed by atoms with Gasteiger partial charge in [-0.05, 0) is 12.1 Å². The normalized spacial score (nSPS) is 14.8. The molecule has 1 fully saturated rings. The molecular weight excluding hydrogens is 276 g/mol. The van der Waals surface area contributed by atoms with Crippen molar-refractivity contribution in [2.24, 2.45) is 0 Å². The van der Waals surface area contributed by atoms with Crippen molar-refractivity contribution < 1.29 is 14.2 Å². The summed E-state index contributed by atoms with van der Waals surface area (Å²) in [7, 11) is 4.80. The van der Waals surface area contributed by atoms with Crippen molar-refractivity contribution in [3.05, 3.63) is 17.7 Å². The topological polar surface area (TPSA) is 43.0 Å². The van der Waals surface area contributed by atoms with Crippen LogP contribution in [0.5, 0.6) is 17.2 Å². The molecule has 0 spiro atoms. The maximum Gasteiger partial charge on any atom is 0.203 e. The first-order valence-electron chi connectivity index (χ1n) is 6.51. The Kier molecular flexibility index (Phi) is 5.03. The standard InChI is InChI=1S/C14H20N2O3S/c1-17-11-8-10(9-12(18-2)13(11)19-3)14(20)16-6-4-15-5-7-16/h8-9,15H,4-7H2,1-3H3. The molecule has 0 saturated carbocycles. The van der Waals surface area contributed by atoms with Crippen LogP contribution in [0, 0.1) is 0 Å². The van der Waals surface area contributed by atoms with Crippen molar-refractivity contribution >= 4 is 17.2 Å². The van der Waals surface area contributed by atoms with E-state index in [4.69, 9.17) is 26.4 Å². The minimum absolute atomic E-state index is 0.585. The number of nitrogens with one attached hydrogen (secondary N) is 1. The Hall–Kier alpha value is -1.53. The number of hydrogen-bond donors (Lipinski definition) is 1. The van der Waals surface area contributed by atoms with Crippen LogP contribution in [0.1, 0.15) is 5.56 Å². The van der Waals surface area contributed by atoms with Gasteiger partial charge < -0.3 is 24.4 Å². The van der Waals surface area contributed by atoms with E-state index in [1.807, 2.05) is 12.1 Å². The van der Waals surface area contributed by atoms with Crippen molar-refractivity contribution in [3.63, 3.8) is 0 Å². The Morgan fingerprint density at radius 1 is 1.05 bits per heavy atom. The van der Waals surface area contributed by atoms with Gasteiger partial charge >= 0.3 is 0 Å². The van der Waals surface area contributed by atoms with Crippen molar-refractivity contribution in [1.82, 2.24) is 10.2 Å². The van der Waals surface area contributed by atoms with Crippen LogP contribution < -0.4 is 19.5 Å². The minimum atomic E-state index is 0.585. The molecule has 5 nitrogen and oxygen atoms in total. The highest BCUT2D eigenvalue weighted by Crippen LogP contribution is 2.38. The second-order valence-corrected chi connectivity index (χ2v) is 4.84. The first kappa shape index (κ1) is 14.9. The van der Waals surface area contributed by atoms with Crippen LogP contribution in [0.3, 0.4) is 0 Å². The summed E-state index contributed by atoms with van der Waals surface area (Å²) < 4.78 is 16.0. The molecule has 0 aliphatic carbocycles. The third kappa shape index (κ3) is 2.96. The van der Waals surface area contributed by atoms with Gasteiger partial charge in [0, 0.05) is 31.7 Å². The Morgan fingerprint density at radius 3 is 2.05 bits per heavy atom. The molecule has 1 heterocycles. The van der Waals surface area contributed by atoms with Gasteiger partial charge in [0.15, 0.2) is 11.5 Å². The van der Waals surface area contributed by atoms with Gasteiger partial charge in [0.25, 0.3) is 0 Å². The van der Waals surface area contributed by atoms with E-state index in [9.17, 15) is 0 Å². The maximum atomic E-state index is 5.58. The lowest BCUT2D eigenvalue weighted by Crippen LogP contribution is -2.46. The molecule has 0 atom stereocenters. The summed E-state index contributed by atoms with van der Waals surface area (Å²) in [4.78, 5) is 3.00. The fourth-order valence-corrected chi connectivity index (χ4v) is 2.56.